The van der Waals surface area contributed by atoms with E-state index in [-0.39, 0.29) is 17.9 Å². The predicted molar refractivity (Wildman–Crippen MR) is 117 cm³/mol. The molecule has 1 aromatic carbocycles. The van der Waals surface area contributed by atoms with Crippen molar-refractivity contribution in [3.63, 3.8) is 0 Å². The van der Waals surface area contributed by atoms with Crippen LogP contribution in [-0.4, -0.2) is 73.5 Å². The molecule has 2 aliphatic heterocycles. The first-order valence-corrected chi connectivity index (χ1v) is 10.9. The second kappa shape index (κ2) is 11.0. The SMILES string of the molecule is CCCC(=O)Nc1ccc(CNC(=NC)N2CCN(C(=O)C3CCCO3)CC2)cc1. The first-order chi connectivity index (χ1) is 14.6. The molecule has 30 heavy (non-hydrogen) atoms. The van der Waals surface area contributed by atoms with Gasteiger partial charge < -0.3 is 25.2 Å². The summed E-state index contributed by atoms with van der Waals surface area (Å²) in [5.41, 5.74) is 1.92. The largest absolute Gasteiger partial charge is 0.368 e. The summed E-state index contributed by atoms with van der Waals surface area (Å²) in [5.74, 6) is 1.00. The number of anilines is 1. The maximum Gasteiger partial charge on any atom is 0.251 e. The van der Waals surface area contributed by atoms with Crippen molar-refractivity contribution in [3.05, 3.63) is 29.8 Å². The van der Waals surface area contributed by atoms with Crippen LogP contribution in [0.1, 0.15) is 38.2 Å². The van der Waals surface area contributed by atoms with E-state index < -0.39 is 0 Å². The number of benzene rings is 1. The number of rotatable bonds is 6. The molecule has 8 heteroatoms. The summed E-state index contributed by atoms with van der Waals surface area (Å²) in [4.78, 5) is 32.7. The quantitative estimate of drug-likeness (QED) is 0.547. The molecule has 0 aliphatic carbocycles. The number of ether oxygens (including phenoxy) is 1. The molecule has 8 nitrogen and oxygen atoms in total. The average molecular weight is 416 g/mol. The number of nitrogens with one attached hydrogen (secondary N) is 2. The Balaban J connectivity index is 1.45. The van der Waals surface area contributed by atoms with E-state index in [4.69, 9.17) is 4.74 Å². The highest BCUT2D eigenvalue weighted by Crippen LogP contribution is 2.16. The van der Waals surface area contributed by atoms with Crippen LogP contribution in [0.15, 0.2) is 29.3 Å². The molecule has 2 fully saturated rings. The van der Waals surface area contributed by atoms with Crippen molar-refractivity contribution in [1.82, 2.24) is 15.1 Å². The molecular formula is C22H33N5O3. The minimum absolute atomic E-state index is 0.0425. The van der Waals surface area contributed by atoms with E-state index >= 15 is 0 Å². The third-order valence-electron chi connectivity index (χ3n) is 5.47. The molecule has 1 atom stereocenters. The fraction of sp³-hybridized carbons (Fsp3) is 0.591. The van der Waals surface area contributed by atoms with E-state index in [1.165, 1.54) is 0 Å². The first kappa shape index (κ1) is 22.1. The molecule has 164 valence electrons. The maximum absolute atomic E-state index is 12.5. The molecule has 0 radical (unpaired) electrons. The second-order valence-corrected chi connectivity index (χ2v) is 7.71. The number of nitrogens with zero attached hydrogens (tertiary/aromatic N) is 3. The normalized spacial score (nSPS) is 19.7. The molecule has 2 saturated heterocycles. The molecule has 2 amide bonds. The molecule has 0 saturated carbocycles. The Morgan fingerprint density at radius 1 is 1.13 bits per heavy atom. The Morgan fingerprint density at radius 3 is 2.43 bits per heavy atom. The molecular weight excluding hydrogens is 382 g/mol. The lowest BCUT2D eigenvalue weighted by Gasteiger charge is -2.37. The molecule has 2 heterocycles. The Hall–Kier alpha value is -2.61. The number of hydrogen-bond donors (Lipinski definition) is 2. The number of piperazine rings is 1. The lowest BCUT2D eigenvalue weighted by Crippen LogP contribution is -2.55. The highest BCUT2D eigenvalue weighted by molar-refractivity contribution is 5.90. The highest BCUT2D eigenvalue weighted by atomic mass is 16.5. The first-order valence-electron chi connectivity index (χ1n) is 10.9. The van der Waals surface area contributed by atoms with Crippen molar-refractivity contribution in [2.75, 3.05) is 45.2 Å². The van der Waals surface area contributed by atoms with E-state index in [0.717, 1.165) is 49.6 Å². The summed E-state index contributed by atoms with van der Waals surface area (Å²) < 4.78 is 5.53. The molecule has 0 aromatic heterocycles. The standard InChI is InChI=1S/C22H33N5O3/c1-3-5-20(28)25-18-9-7-17(8-10-18)16-24-22(23-2)27-13-11-26(12-14-27)21(29)19-6-4-15-30-19/h7-10,19H,3-6,11-16H2,1-2H3,(H,23,24)(H,25,28). The monoisotopic (exact) mass is 415 g/mol. The van der Waals surface area contributed by atoms with Gasteiger partial charge >= 0.3 is 0 Å². The third-order valence-corrected chi connectivity index (χ3v) is 5.47. The Bertz CT molecular complexity index is 736. The fourth-order valence-corrected chi connectivity index (χ4v) is 3.78. The van der Waals surface area contributed by atoms with Crippen molar-refractivity contribution < 1.29 is 14.3 Å². The second-order valence-electron chi connectivity index (χ2n) is 7.71. The van der Waals surface area contributed by atoms with Gasteiger partial charge in [-0.15, -0.1) is 0 Å². The van der Waals surface area contributed by atoms with Gasteiger partial charge in [0.25, 0.3) is 5.91 Å². The van der Waals surface area contributed by atoms with Gasteiger partial charge in [-0.1, -0.05) is 19.1 Å². The lowest BCUT2D eigenvalue weighted by atomic mass is 10.2. The van der Waals surface area contributed by atoms with Gasteiger partial charge in [-0.25, -0.2) is 0 Å². The van der Waals surface area contributed by atoms with Gasteiger partial charge in [-0.3, -0.25) is 14.6 Å². The van der Waals surface area contributed by atoms with Gasteiger partial charge in [0.1, 0.15) is 6.10 Å². The molecule has 2 N–H and O–H groups in total. The van der Waals surface area contributed by atoms with Gasteiger partial charge in [0.05, 0.1) is 0 Å². The van der Waals surface area contributed by atoms with Crippen molar-refractivity contribution in [2.45, 2.75) is 45.3 Å². The van der Waals surface area contributed by atoms with Crippen molar-refractivity contribution in [2.24, 2.45) is 4.99 Å². The molecule has 1 aromatic rings. The van der Waals surface area contributed by atoms with Gasteiger partial charge in [-0.05, 0) is 37.0 Å². The third kappa shape index (κ3) is 5.95. The summed E-state index contributed by atoms with van der Waals surface area (Å²) in [6, 6.07) is 7.84. The number of carbonyl (C=O) groups excluding carboxylic acids is 2. The topological polar surface area (TPSA) is 86.3 Å². The van der Waals surface area contributed by atoms with Crippen LogP contribution in [0.4, 0.5) is 5.69 Å². The summed E-state index contributed by atoms with van der Waals surface area (Å²) in [7, 11) is 1.78. The summed E-state index contributed by atoms with van der Waals surface area (Å²) in [5, 5.41) is 6.29. The zero-order chi connectivity index (χ0) is 21.3. The van der Waals surface area contributed by atoms with E-state index in [0.29, 0.717) is 32.7 Å². The Labute approximate surface area is 178 Å². The number of guanidine groups is 1. The van der Waals surface area contributed by atoms with Crippen LogP contribution in [0.25, 0.3) is 0 Å². The number of carbonyl (C=O) groups is 2. The van der Waals surface area contributed by atoms with E-state index in [2.05, 4.69) is 20.5 Å². The van der Waals surface area contributed by atoms with Crippen molar-refractivity contribution >= 4 is 23.5 Å². The van der Waals surface area contributed by atoms with E-state index in [1.54, 1.807) is 7.05 Å². The van der Waals surface area contributed by atoms with E-state index in [1.807, 2.05) is 36.1 Å². The lowest BCUT2D eigenvalue weighted by molar-refractivity contribution is -0.142. The molecule has 0 spiro atoms. The van der Waals surface area contributed by atoms with Crippen molar-refractivity contribution in [1.29, 1.82) is 0 Å². The van der Waals surface area contributed by atoms with Crippen LogP contribution in [0.5, 0.6) is 0 Å². The molecule has 1 unspecified atom stereocenters. The van der Waals surface area contributed by atoms with Gasteiger partial charge in [0.15, 0.2) is 5.96 Å². The number of hydrogen-bond acceptors (Lipinski definition) is 4. The Morgan fingerprint density at radius 2 is 1.83 bits per heavy atom. The zero-order valence-corrected chi connectivity index (χ0v) is 18.0. The van der Waals surface area contributed by atoms with Gasteiger partial charge in [-0.2, -0.15) is 0 Å². The molecule has 2 aliphatic rings. The van der Waals surface area contributed by atoms with E-state index in [9.17, 15) is 9.59 Å². The van der Waals surface area contributed by atoms with Crippen LogP contribution in [0.3, 0.4) is 0 Å². The van der Waals surface area contributed by atoms with Crippen molar-refractivity contribution in [3.8, 4) is 0 Å². The highest BCUT2D eigenvalue weighted by Gasteiger charge is 2.30. The summed E-state index contributed by atoms with van der Waals surface area (Å²) in [6.45, 7) is 6.20. The summed E-state index contributed by atoms with van der Waals surface area (Å²) in [6.07, 6.45) is 2.93. The number of amides is 2. The van der Waals surface area contributed by atoms with Gasteiger partial charge in [0.2, 0.25) is 5.91 Å². The smallest absolute Gasteiger partial charge is 0.251 e. The maximum atomic E-state index is 12.5. The average Bonchev–Trinajstić information content (AvgIpc) is 3.30. The Kier molecular flexibility index (Phi) is 8.07. The van der Waals surface area contributed by atoms with Crippen LogP contribution >= 0.6 is 0 Å². The fourth-order valence-electron chi connectivity index (χ4n) is 3.78. The minimum Gasteiger partial charge on any atom is -0.368 e. The van der Waals surface area contributed by atoms with Crippen LogP contribution < -0.4 is 10.6 Å². The van der Waals surface area contributed by atoms with Crippen LogP contribution in [0.2, 0.25) is 0 Å². The molecule has 3 rings (SSSR count). The predicted octanol–water partition coefficient (Wildman–Crippen LogP) is 1.82. The van der Waals surface area contributed by atoms with Gasteiger partial charge in [0, 0.05) is 58.5 Å². The van der Waals surface area contributed by atoms with Crippen LogP contribution in [-0.2, 0) is 20.9 Å². The number of aliphatic imine (C=N–C) groups is 1. The minimum atomic E-state index is -0.247. The zero-order valence-electron chi connectivity index (χ0n) is 18.0. The molecule has 0 bridgehead atoms. The van der Waals surface area contributed by atoms with Crippen LogP contribution in [0, 0.1) is 0 Å². The summed E-state index contributed by atoms with van der Waals surface area (Å²) >= 11 is 0.